The van der Waals surface area contributed by atoms with Gasteiger partial charge >= 0.3 is 0 Å². The van der Waals surface area contributed by atoms with E-state index in [2.05, 4.69) is 33.8 Å². The first-order valence-electron chi connectivity index (χ1n) is 7.21. The van der Waals surface area contributed by atoms with E-state index in [-0.39, 0.29) is 0 Å². The van der Waals surface area contributed by atoms with Crippen LogP contribution in [0.15, 0.2) is 11.8 Å². The van der Waals surface area contributed by atoms with E-state index < -0.39 is 0 Å². The van der Waals surface area contributed by atoms with Crippen LogP contribution in [-0.4, -0.2) is 7.11 Å². The van der Waals surface area contributed by atoms with Gasteiger partial charge in [-0.15, -0.1) is 0 Å². The van der Waals surface area contributed by atoms with E-state index in [1.165, 1.54) is 31.4 Å². The van der Waals surface area contributed by atoms with Gasteiger partial charge in [-0.2, -0.15) is 0 Å². The normalized spacial score (nSPS) is 44.2. The van der Waals surface area contributed by atoms with Gasteiger partial charge < -0.3 is 4.74 Å². The number of rotatable bonds is 1. The maximum Gasteiger partial charge on any atom is 0.0957 e. The molecule has 0 bridgehead atoms. The zero-order valence-corrected chi connectivity index (χ0v) is 12.1. The van der Waals surface area contributed by atoms with Crippen molar-refractivity contribution >= 4 is 0 Å². The van der Waals surface area contributed by atoms with Gasteiger partial charge in [0.15, 0.2) is 0 Å². The molecule has 4 atom stereocenters. The van der Waals surface area contributed by atoms with Gasteiger partial charge in [0.2, 0.25) is 0 Å². The first-order valence-corrected chi connectivity index (χ1v) is 7.21. The summed E-state index contributed by atoms with van der Waals surface area (Å²) in [6.07, 6.45) is 7.85. The van der Waals surface area contributed by atoms with Gasteiger partial charge in [0.05, 0.1) is 12.9 Å². The Bertz CT molecular complexity index is 303. The average molecular weight is 236 g/mol. The summed E-state index contributed by atoms with van der Waals surface area (Å²) in [5.41, 5.74) is 0.435. The van der Waals surface area contributed by atoms with E-state index in [0.717, 1.165) is 11.8 Å². The van der Waals surface area contributed by atoms with Crippen molar-refractivity contribution in [3.63, 3.8) is 0 Å². The molecule has 0 aromatic carbocycles. The number of hydrogen-bond donors (Lipinski definition) is 0. The molecule has 0 aromatic rings. The molecule has 17 heavy (non-hydrogen) atoms. The third-order valence-electron chi connectivity index (χ3n) is 5.07. The number of methoxy groups -OCH3 is 1. The second-order valence-electron chi connectivity index (χ2n) is 6.99. The highest BCUT2D eigenvalue weighted by Gasteiger charge is 2.51. The van der Waals surface area contributed by atoms with Gasteiger partial charge in [0.25, 0.3) is 0 Å². The van der Waals surface area contributed by atoms with Crippen molar-refractivity contribution in [1.29, 1.82) is 0 Å². The second-order valence-corrected chi connectivity index (χ2v) is 6.99. The molecule has 2 rings (SSSR count). The Morgan fingerprint density at radius 3 is 2.53 bits per heavy atom. The summed E-state index contributed by atoms with van der Waals surface area (Å²) >= 11 is 0. The Kier molecular flexibility index (Phi) is 3.56. The van der Waals surface area contributed by atoms with E-state index in [4.69, 9.17) is 4.74 Å². The standard InChI is InChI=1S/C16H28O/c1-11-7-6-8-12(2)13-10-16(3,4)15(13)14(9-11)17-5/h9,11-13,15H,6-8,10H2,1-5H3/b14-9-. The fraction of sp³-hybridized carbons (Fsp3) is 0.875. The lowest BCUT2D eigenvalue weighted by atomic mass is 9.51. The van der Waals surface area contributed by atoms with Gasteiger partial charge in [-0.3, -0.25) is 0 Å². The van der Waals surface area contributed by atoms with Crippen LogP contribution in [0.1, 0.15) is 53.4 Å². The summed E-state index contributed by atoms with van der Waals surface area (Å²) in [6, 6.07) is 0. The highest BCUT2D eigenvalue weighted by atomic mass is 16.5. The first-order chi connectivity index (χ1) is 7.95. The predicted molar refractivity (Wildman–Crippen MR) is 72.6 cm³/mol. The highest BCUT2D eigenvalue weighted by molar-refractivity contribution is 5.14. The fourth-order valence-electron chi connectivity index (χ4n) is 4.04. The minimum absolute atomic E-state index is 0.435. The van der Waals surface area contributed by atoms with Crippen LogP contribution >= 0.6 is 0 Å². The maximum atomic E-state index is 5.73. The van der Waals surface area contributed by atoms with Crippen LogP contribution in [0.25, 0.3) is 0 Å². The number of hydrogen-bond acceptors (Lipinski definition) is 1. The zero-order valence-electron chi connectivity index (χ0n) is 12.1. The summed E-state index contributed by atoms with van der Waals surface area (Å²) in [7, 11) is 1.85. The van der Waals surface area contributed by atoms with Crippen molar-refractivity contribution in [3.05, 3.63) is 11.8 Å². The van der Waals surface area contributed by atoms with E-state index in [1.54, 1.807) is 0 Å². The Labute approximate surface area is 107 Å². The fourth-order valence-corrected chi connectivity index (χ4v) is 4.04. The van der Waals surface area contributed by atoms with Crippen LogP contribution in [0.2, 0.25) is 0 Å². The molecule has 0 aliphatic heterocycles. The molecule has 0 heterocycles. The van der Waals surface area contributed by atoms with Crippen LogP contribution < -0.4 is 0 Å². The molecular weight excluding hydrogens is 208 g/mol. The van der Waals surface area contributed by atoms with Crippen LogP contribution in [0.5, 0.6) is 0 Å². The van der Waals surface area contributed by atoms with Crippen LogP contribution in [0, 0.1) is 29.1 Å². The molecule has 2 aliphatic carbocycles. The number of fused-ring (bicyclic) bond motifs is 1. The molecule has 1 saturated carbocycles. The highest BCUT2D eigenvalue weighted by Crippen LogP contribution is 2.58. The Morgan fingerprint density at radius 1 is 1.24 bits per heavy atom. The lowest BCUT2D eigenvalue weighted by Crippen LogP contribution is -2.48. The van der Waals surface area contributed by atoms with Crippen molar-refractivity contribution in [2.75, 3.05) is 7.11 Å². The molecule has 98 valence electrons. The van der Waals surface area contributed by atoms with Crippen LogP contribution in [-0.2, 0) is 4.74 Å². The van der Waals surface area contributed by atoms with Gasteiger partial charge in [-0.05, 0) is 42.1 Å². The maximum absolute atomic E-state index is 5.73. The summed E-state index contributed by atoms with van der Waals surface area (Å²) in [5, 5.41) is 0. The number of allylic oxidation sites excluding steroid dienone is 2. The molecule has 0 spiro atoms. The smallest absolute Gasteiger partial charge is 0.0957 e. The zero-order chi connectivity index (χ0) is 12.6. The third kappa shape index (κ3) is 2.39. The average Bonchev–Trinajstić information content (AvgIpc) is 2.28. The van der Waals surface area contributed by atoms with Crippen LogP contribution in [0.3, 0.4) is 0 Å². The Hall–Kier alpha value is -0.460. The van der Waals surface area contributed by atoms with Gasteiger partial charge in [0, 0.05) is 5.92 Å². The molecule has 1 nitrogen and oxygen atoms in total. The van der Waals surface area contributed by atoms with Gasteiger partial charge in [-0.25, -0.2) is 0 Å². The first kappa shape index (κ1) is 13.0. The topological polar surface area (TPSA) is 9.23 Å². The summed E-state index contributed by atoms with van der Waals surface area (Å²) < 4.78 is 5.73. The summed E-state index contributed by atoms with van der Waals surface area (Å²) in [6.45, 7) is 9.57. The minimum Gasteiger partial charge on any atom is -0.501 e. The molecule has 0 N–H and O–H groups in total. The third-order valence-corrected chi connectivity index (χ3v) is 5.07. The molecule has 0 radical (unpaired) electrons. The molecular formula is C16H28O. The van der Waals surface area contributed by atoms with Crippen molar-refractivity contribution < 1.29 is 4.74 Å². The van der Waals surface area contributed by atoms with Gasteiger partial charge in [0.1, 0.15) is 0 Å². The quantitative estimate of drug-likeness (QED) is 0.644. The van der Waals surface area contributed by atoms with E-state index in [9.17, 15) is 0 Å². The summed E-state index contributed by atoms with van der Waals surface area (Å²) in [4.78, 5) is 0. The lowest BCUT2D eigenvalue weighted by Gasteiger charge is -2.54. The van der Waals surface area contributed by atoms with E-state index in [1.807, 2.05) is 7.11 Å². The molecule has 1 fully saturated rings. The lowest BCUT2D eigenvalue weighted by molar-refractivity contribution is -0.0480. The largest absolute Gasteiger partial charge is 0.501 e. The van der Waals surface area contributed by atoms with Crippen molar-refractivity contribution in [2.24, 2.45) is 29.1 Å². The Balaban J connectivity index is 2.27. The van der Waals surface area contributed by atoms with Crippen molar-refractivity contribution in [3.8, 4) is 0 Å². The molecule has 0 amide bonds. The van der Waals surface area contributed by atoms with Crippen molar-refractivity contribution in [1.82, 2.24) is 0 Å². The van der Waals surface area contributed by atoms with Crippen LogP contribution in [0.4, 0.5) is 0 Å². The molecule has 0 saturated heterocycles. The minimum atomic E-state index is 0.435. The van der Waals surface area contributed by atoms with E-state index >= 15 is 0 Å². The predicted octanol–water partition coefficient (Wildman–Crippen LogP) is 4.64. The van der Waals surface area contributed by atoms with E-state index in [0.29, 0.717) is 17.3 Å². The Morgan fingerprint density at radius 2 is 1.94 bits per heavy atom. The molecule has 1 heteroatoms. The molecule has 2 aliphatic rings. The monoisotopic (exact) mass is 236 g/mol. The number of ether oxygens (including phenoxy) is 1. The van der Waals surface area contributed by atoms with Crippen molar-refractivity contribution in [2.45, 2.75) is 53.4 Å². The molecule has 0 aromatic heterocycles. The van der Waals surface area contributed by atoms with Gasteiger partial charge in [-0.1, -0.05) is 40.5 Å². The summed E-state index contributed by atoms with van der Waals surface area (Å²) in [5.74, 6) is 4.31. The second kappa shape index (κ2) is 4.66. The molecule has 4 unspecified atom stereocenters. The SMILES string of the molecule is CO/C1=C\C(C)CCCC(C)C2CC(C)(C)C12.